The van der Waals surface area contributed by atoms with Crippen molar-refractivity contribution in [2.75, 3.05) is 13.7 Å². The number of benzene rings is 2. The number of phenols is 4. The number of ether oxygens (including phenoxy) is 2. The van der Waals surface area contributed by atoms with Crippen molar-refractivity contribution >= 4 is 5.97 Å². The highest BCUT2D eigenvalue weighted by molar-refractivity contribution is 5.91. The fourth-order valence-electron chi connectivity index (χ4n) is 2.24. The maximum Gasteiger partial charge on any atom is 0.338 e. The van der Waals surface area contributed by atoms with Gasteiger partial charge in [-0.25, -0.2) is 4.79 Å². The Balaban J connectivity index is 0.000000519. The Kier molecular flexibility index (Phi) is 12.1. The Morgan fingerprint density at radius 2 is 1.41 bits per heavy atom. The minimum Gasteiger partial charge on any atom is -0.508 e. The Morgan fingerprint density at radius 3 is 1.81 bits per heavy atom. The molecule has 2 rings (SSSR count). The third kappa shape index (κ3) is 10.3. The lowest BCUT2D eigenvalue weighted by molar-refractivity contribution is 0.0504. The number of aromatic hydroxyl groups is 4. The van der Waals surface area contributed by atoms with Crippen molar-refractivity contribution < 1.29 is 34.7 Å². The number of phenolic OH excluding ortho intramolecular Hbond substituents is 4. The normalized spacial score (nSPS) is 10.4. The van der Waals surface area contributed by atoms with Crippen LogP contribution >= 0.6 is 0 Å². The molecule has 0 bridgehead atoms. The van der Waals surface area contributed by atoms with E-state index in [9.17, 15) is 9.90 Å². The van der Waals surface area contributed by atoms with Crippen LogP contribution in [-0.4, -0.2) is 40.1 Å². The van der Waals surface area contributed by atoms with Gasteiger partial charge in [0.1, 0.15) is 11.5 Å². The van der Waals surface area contributed by atoms with E-state index in [0.29, 0.717) is 12.2 Å². The summed E-state index contributed by atoms with van der Waals surface area (Å²) in [7, 11) is 1.62. The number of rotatable bonds is 4. The first-order valence-corrected chi connectivity index (χ1v) is 10.3. The van der Waals surface area contributed by atoms with Gasteiger partial charge in [0.25, 0.3) is 0 Å². The molecule has 2 aromatic carbocycles. The molecule has 32 heavy (non-hydrogen) atoms. The lowest BCUT2D eigenvalue weighted by Crippen LogP contribution is -2.11. The Hall–Kier alpha value is -3.09. The number of esters is 1. The van der Waals surface area contributed by atoms with Crippen LogP contribution in [0.25, 0.3) is 0 Å². The molecule has 0 saturated carbocycles. The summed E-state index contributed by atoms with van der Waals surface area (Å²) in [4.78, 5) is 11.3. The van der Waals surface area contributed by atoms with E-state index in [1.54, 1.807) is 19.2 Å². The molecule has 0 unspecified atom stereocenters. The zero-order valence-corrected chi connectivity index (χ0v) is 20.3. The molecule has 0 heterocycles. The van der Waals surface area contributed by atoms with Crippen LogP contribution in [0, 0.1) is 5.92 Å². The predicted octanol–water partition coefficient (Wildman–Crippen LogP) is 5.69. The molecule has 0 aliphatic carbocycles. The first-order valence-electron chi connectivity index (χ1n) is 10.3. The highest BCUT2D eigenvalue weighted by Crippen LogP contribution is 2.35. The third-order valence-corrected chi connectivity index (χ3v) is 3.75. The standard InChI is InChI=1S/C11H16O2.C10H12O5.C4H9/c1-11(2,3)9-7-8(13-4)5-6-10(9)12;1-2-3-15-10(14)6-4-7(11)9(13)8(12)5-6;1-4(2)3/h5-7,12H,1-4H3;4-5,11-13H,2-3H2,1H3;1-3H3. The Bertz CT molecular complexity index is 826. The third-order valence-electron chi connectivity index (χ3n) is 3.75. The van der Waals surface area contributed by atoms with E-state index >= 15 is 0 Å². The largest absolute Gasteiger partial charge is 0.508 e. The van der Waals surface area contributed by atoms with Crippen LogP contribution in [-0.2, 0) is 10.2 Å². The Morgan fingerprint density at radius 1 is 0.906 bits per heavy atom. The van der Waals surface area contributed by atoms with E-state index in [2.05, 4.69) is 41.5 Å². The highest BCUT2D eigenvalue weighted by atomic mass is 16.5. The van der Waals surface area contributed by atoms with E-state index in [4.69, 9.17) is 24.8 Å². The fourth-order valence-corrected chi connectivity index (χ4v) is 2.24. The van der Waals surface area contributed by atoms with E-state index in [0.717, 1.165) is 23.4 Å². The molecular formula is C25H37O7. The van der Waals surface area contributed by atoms with Gasteiger partial charge in [-0.05, 0) is 48.1 Å². The highest BCUT2D eigenvalue weighted by Gasteiger charge is 2.18. The van der Waals surface area contributed by atoms with Crippen molar-refractivity contribution in [2.24, 2.45) is 0 Å². The van der Waals surface area contributed by atoms with Gasteiger partial charge in [-0.15, -0.1) is 0 Å². The van der Waals surface area contributed by atoms with Crippen molar-refractivity contribution in [3.05, 3.63) is 47.4 Å². The van der Waals surface area contributed by atoms with Crippen LogP contribution in [0.3, 0.4) is 0 Å². The quantitative estimate of drug-likeness (QED) is 0.350. The summed E-state index contributed by atoms with van der Waals surface area (Å²) in [5.41, 5.74) is 0.849. The van der Waals surface area contributed by atoms with Crippen LogP contribution in [0.15, 0.2) is 30.3 Å². The molecule has 7 heteroatoms. The van der Waals surface area contributed by atoms with Crippen LogP contribution in [0.5, 0.6) is 28.7 Å². The molecule has 0 aliphatic heterocycles. The average molecular weight is 450 g/mol. The average Bonchev–Trinajstić information content (AvgIpc) is 2.69. The predicted molar refractivity (Wildman–Crippen MR) is 126 cm³/mol. The number of methoxy groups -OCH3 is 1. The molecular weight excluding hydrogens is 412 g/mol. The molecule has 1 radical (unpaired) electrons. The summed E-state index contributed by atoms with van der Waals surface area (Å²) in [6.45, 7) is 14.5. The minimum absolute atomic E-state index is 0.00347. The second-order valence-corrected chi connectivity index (χ2v) is 8.63. The zero-order chi connectivity index (χ0) is 25.1. The molecule has 179 valence electrons. The van der Waals surface area contributed by atoms with Gasteiger partial charge in [-0.2, -0.15) is 0 Å². The van der Waals surface area contributed by atoms with E-state index in [-0.39, 0.29) is 17.6 Å². The van der Waals surface area contributed by atoms with Gasteiger partial charge in [0, 0.05) is 5.56 Å². The zero-order valence-electron chi connectivity index (χ0n) is 20.3. The van der Waals surface area contributed by atoms with Gasteiger partial charge >= 0.3 is 5.97 Å². The first kappa shape index (κ1) is 28.9. The van der Waals surface area contributed by atoms with E-state index in [1.807, 2.05) is 13.0 Å². The molecule has 4 N–H and O–H groups in total. The summed E-state index contributed by atoms with van der Waals surface area (Å²) in [6, 6.07) is 7.36. The number of hydrogen-bond donors (Lipinski definition) is 4. The molecule has 0 aliphatic rings. The number of hydrogen-bond acceptors (Lipinski definition) is 7. The van der Waals surface area contributed by atoms with Crippen LogP contribution in [0.2, 0.25) is 0 Å². The van der Waals surface area contributed by atoms with Gasteiger partial charge in [0.15, 0.2) is 17.2 Å². The van der Waals surface area contributed by atoms with Gasteiger partial charge in [-0.1, -0.05) is 48.5 Å². The lowest BCUT2D eigenvalue weighted by Gasteiger charge is -2.20. The van der Waals surface area contributed by atoms with Crippen molar-refractivity contribution in [2.45, 2.75) is 60.3 Å². The van der Waals surface area contributed by atoms with Gasteiger partial charge in [-0.3, -0.25) is 0 Å². The second kappa shape index (κ2) is 13.3. The summed E-state index contributed by atoms with van der Waals surface area (Å²) in [5, 5.41) is 36.9. The van der Waals surface area contributed by atoms with Crippen molar-refractivity contribution in [3.8, 4) is 28.7 Å². The summed E-state index contributed by atoms with van der Waals surface area (Å²) < 4.78 is 9.88. The van der Waals surface area contributed by atoms with E-state index < -0.39 is 23.2 Å². The smallest absolute Gasteiger partial charge is 0.338 e. The maximum absolute atomic E-state index is 11.3. The maximum atomic E-state index is 11.3. The van der Waals surface area contributed by atoms with Gasteiger partial charge < -0.3 is 29.9 Å². The number of carbonyl (C=O) groups is 1. The summed E-state index contributed by atoms with van der Waals surface area (Å²) >= 11 is 0. The second-order valence-electron chi connectivity index (χ2n) is 8.63. The topological polar surface area (TPSA) is 116 Å². The van der Waals surface area contributed by atoms with Crippen LogP contribution in [0.1, 0.15) is 70.8 Å². The first-order chi connectivity index (χ1) is 14.7. The van der Waals surface area contributed by atoms with E-state index in [1.165, 1.54) is 5.92 Å². The molecule has 0 aromatic heterocycles. The monoisotopic (exact) mass is 449 g/mol. The summed E-state index contributed by atoms with van der Waals surface area (Å²) in [6.07, 6.45) is 0.682. The lowest BCUT2D eigenvalue weighted by atomic mass is 9.86. The van der Waals surface area contributed by atoms with Crippen molar-refractivity contribution in [1.29, 1.82) is 0 Å². The molecule has 0 saturated heterocycles. The molecule has 0 fully saturated rings. The van der Waals surface area contributed by atoms with Crippen molar-refractivity contribution in [1.82, 2.24) is 0 Å². The van der Waals surface area contributed by atoms with Gasteiger partial charge in [0.2, 0.25) is 0 Å². The SMILES string of the molecule is CCCOC(=O)c1cc(O)c(O)c(O)c1.COc1ccc(O)c(C(C)(C)C)c1.C[C](C)C. The van der Waals surface area contributed by atoms with Crippen LogP contribution in [0.4, 0.5) is 0 Å². The van der Waals surface area contributed by atoms with Crippen molar-refractivity contribution in [3.63, 3.8) is 0 Å². The summed E-state index contributed by atoms with van der Waals surface area (Å²) in [5.74, 6) is 0.109. The fraction of sp³-hybridized carbons (Fsp3) is 0.440. The van der Waals surface area contributed by atoms with Crippen LogP contribution < -0.4 is 4.74 Å². The number of carbonyl (C=O) groups excluding carboxylic acids is 1. The van der Waals surface area contributed by atoms with Gasteiger partial charge in [0.05, 0.1) is 19.3 Å². The molecule has 0 spiro atoms. The molecule has 7 nitrogen and oxygen atoms in total. The minimum atomic E-state index is -0.651. The molecule has 0 atom stereocenters. The Labute approximate surface area is 191 Å². The molecule has 0 amide bonds. The molecule has 2 aromatic rings.